The number of hydrogen-bond donors (Lipinski definition) is 1. The van der Waals surface area contributed by atoms with Gasteiger partial charge in [-0.1, -0.05) is 48.5 Å². The van der Waals surface area contributed by atoms with Gasteiger partial charge in [0, 0.05) is 17.6 Å². The first-order chi connectivity index (χ1) is 12.7. The van der Waals surface area contributed by atoms with Crippen molar-refractivity contribution < 1.29 is 9.53 Å². The highest BCUT2D eigenvalue weighted by Gasteiger charge is 2.25. The van der Waals surface area contributed by atoms with E-state index >= 15 is 0 Å². The van der Waals surface area contributed by atoms with Crippen molar-refractivity contribution in [1.29, 1.82) is 0 Å². The average Bonchev–Trinajstić information content (AvgIpc) is 3.23. The molecule has 0 bridgehead atoms. The number of benzene rings is 2. The molecule has 26 heavy (non-hydrogen) atoms. The summed E-state index contributed by atoms with van der Waals surface area (Å²) >= 11 is 0. The molecule has 3 aromatic rings. The first kappa shape index (κ1) is 16.7. The van der Waals surface area contributed by atoms with Gasteiger partial charge >= 0.3 is 0 Å². The summed E-state index contributed by atoms with van der Waals surface area (Å²) in [6.45, 7) is 2.79. The number of carbonyl (C=O) groups excluding carboxylic acids is 1. The van der Waals surface area contributed by atoms with E-state index in [4.69, 9.17) is 9.72 Å². The lowest BCUT2D eigenvalue weighted by Crippen LogP contribution is -2.40. The summed E-state index contributed by atoms with van der Waals surface area (Å²) in [5.74, 6) is -0.0798. The summed E-state index contributed by atoms with van der Waals surface area (Å²) in [6.07, 6.45) is 2.15. The predicted octanol–water partition coefficient (Wildman–Crippen LogP) is 4.20. The normalized spacial score (nSPS) is 18.0. The van der Waals surface area contributed by atoms with Gasteiger partial charge in [0.05, 0.1) is 28.9 Å². The Morgan fingerprint density at radius 3 is 2.69 bits per heavy atom. The molecule has 1 aromatic heterocycles. The van der Waals surface area contributed by atoms with E-state index in [2.05, 4.69) is 5.32 Å². The highest BCUT2D eigenvalue weighted by atomic mass is 16.5. The monoisotopic (exact) mass is 346 g/mol. The van der Waals surface area contributed by atoms with Crippen molar-refractivity contribution in [2.24, 2.45) is 0 Å². The Morgan fingerprint density at radius 2 is 1.92 bits per heavy atom. The summed E-state index contributed by atoms with van der Waals surface area (Å²) < 4.78 is 5.70. The fourth-order valence-corrected chi connectivity index (χ4v) is 3.49. The number of pyridine rings is 1. The molecule has 2 aromatic carbocycles. The Labute approximate surface area is 153 Å². The Hall–Kier alpha value is -2.72. The van der Waals surface area contributed by atoms with E-state index in [0.29, 0.717) is 5.56 Å². The van der Waals surface area contributed by atoms with Crippen LogP contribution in [0.1, 0.15) is 30.1 Å². The van der Waals surface area contributed by atoms with Crippen LogP contribution in [0, 0.1) is 0 Å². The highest BCUT2D eigenvalue weighted by molar-refractivity contribution is 6.07. The van der Waals surface area contributed by atoms with Gasteiger partial charge in [-0.15, -0.1) is 0 Å². The van der Waals surface area contributed by atoms with Crippen LogP contribution < -0.4 is 5.32 Å². The van der Waals surface area contributed by atoms with Crippen LogP contribution >= 0.6 is 0 Å². The van der Waals surface area contributed by atoms with Crippen molar-refractivity contribution in [1.82, 2.24) is 10.3 Å². The molecule has 2 atom stereocenters. The minimum Gasteiger partial charge on any atom is -0.376 e. The molecule has 4 rings (SSSR count). The van der Waals surface area contributed by atoms with Gasteiger partial charge in [-0.3, -0.25) is 4.79 Å². The number of carbonyl (C=O) groups is 1. The summed E-state index contributed by atoms with van der Waals surface area (Å²) in [4.78, 5) is 17.8. The number of para-hydroxylation sites is 1. The van der Waals surface area contributed by atoms with Crippen LogP contribution in [0.15, 0.2) is 60.7 Å². The second kappa shape index (κ2) is 7.26. The van der Waals surface area contributed by atoms with Crippen LogP contribution in [0.3, 0.4) is 0 Å². The SMILES string of the molecule is CC(NC(=O)c1cc(-c2ccccc2)nc2ccccc12)C1CCCO1. The van der Waals surface area contributed by atoms with Crippen molar-refractivity contribution in [2.45, 2.75) is 31.9 Å². The quantitative estimate of drug-likeness (QED) is 0.770. The molecule has 4 nitrogen and oxygen atoms in total. The van der Waals surface area contributed by atoms with Gasteiger partial charge in [0.15, 0.2) is 0 Å². The van der Waals surface area contributed by atoms with E-state index in [0.717, 1.165) is 41.6 Å². The molecule has 1 aliphatic heterocycles. The lowest BCUT2D eigenvalue weighted by atomic mass is 10.0. The van der Waals surface area contributed by atoms with E-state index in [1.54, 1.807) is 0 Å². The van der Waals surface area contributed by atoms with Gasteiger partial charge < -0.3 is 10.1 Å². The summed E-state index contributed by atoms with van der Waals surface area (Å²) in [5.41, 5.74) is 3.28. The van der Waals surface area contributed by atoms with Gasteiger partial charge in [-0.25, -0.2) is 4.98 Å². The van der Waals surface area contributed by atoms with Gasteiger partial charge in [-0.2, -0.15) is 0 Å². The van der Waals surface area contributed by atoms with Gasteiger partial charge in [0.25, 0.3) is 5.91 Å². The van der Waals surface area contributed by atoms with Gasteiger partial charge in [0.1, 0.15) is 0 Å². The Bertz CT molecular complexity index is 918. The second-order valence-electron chi connectivity index (χ2n) is 6.75. The third-order valence-electron chi connectivity index (χ3n) is 4.91. The molecule has 1 amide bonds. The lowest BCUT2D eigenvalue weighted by Gasteiger charge is -2.20. The zero-order valence-corrected chi connectivity index (χ0v) is 14.8. The first-order valence-electron chi connectivity index (χ1n) is 9.10. The molecule has 1 saturated heterocycles. The van der Waals surface area contributed by atoms with Crippen LogP contribution in [0.25, 0.3) is 22.2 Å². The number of fused-ring (bicyclic) bond motifs is 1. The van der Waals surface area contributed by atoms with Gasteiger partial charge in [-0.05, 0) is 31.9 Å². The molecule has 1 fully saturated rings. The number of nitrogens with one attached hydrogen (secondary N) is 1. The minimum atomic E-state index is -0.0798. The number of aromatic nitrogens is 1. The standard InChI is InChI=1S/C22H22N2O2/c1-15(21-12-7-13-26-21)23-22(25)18-14-20(16-8-3-2-4-9-16)24-19-11-6-5-10-17(18)19/h2-6,8-11,14-15,21H,7,12-13H2,1H3,(H,23,25). The van der Waals surface area contributed by atoms with E-state index < -0.39 is 0 Å². The molecule has 0 spiro atoms. The van der Waals surface area contributed by atoms with Crippen LogP contribution in [0.5, 0.6) is 0 Å². The molecule has 0 saturated carbocycles. The van der Waals surface area contributed by atoms with E-state index in [1.165, 1.54) is 0 Å². The minimum absolute atomic E-state index is 0.0166. The van der Waals surface area contributed by atoms with Crippen molar-refractivity contribution in [3.63, 3.8) is 0 Å². The van der Waals surface area contributed by atoms with Crippen LogP contribution in [-0.2, 0) is 4.74 Å². The van der Waals surface area contributed by atoms with E-state index in [-0.39, 0.29) is 18.1 Å². The maximum absolute atomic E-state index is 13.0. The maximum Gasteiger partial charge on any atom is 0.252 e. The molecule has 2 heterocycles. The fourth-order valence-electron chi connectivity index (χ4n) is 3.49. The molecule has 2 unspecified atom stereocenters. The van der Waals surface area contributed by atoms with Crippen LogP contribution in [0.4, 0.5) is 0 Å². The van der Waals surface area contributed by atoms with Crippen LogP contribution in [-0.4, -0.2) is 29.6 Å². The van der Waals surface area contributed by atoms with Gasteiger partial charge in [0.2, 0.25) is 0 Å². The number of hydrogen-bond acceptors (Lipinski definition) is 3. The Morgan fingerprint density at radius 1 is 1.15 bits per heavy atom. The number of nitrogens with zero attached hydrogens (tertiary/aromatic N) is 1. The molecule has 0 radical (unpaired) electrons. The zero-order chi connectivity index (χ0) is 17.9. The zero-order valence-electron chi connectivity index (χ0n) is 14.8. The number of amides is 1. The van der Waals surface area contributed by atoms with E-state index in [9.17, 15) is 4.79 Å². The average molecular weight is 346 g/mol. The lowest BCUT2D eigenvalue weighted by molar-refractivity contribution is 0.0713. The third-order valence-corrected chi connectivity index (χ3v) is 4.91. The molecule has 4 heteroatoms. The summed E-state index contributed by atoms with van der Waals surface area (Å²) in [5, 5.41) is 3.98. The van der Waals surface area contributed by atoms with E-state index in [1.807, 2.05) is 67.6 Å². The summed E-state index contributed by atoms with van der Waals surface area (Å²) in [6, 6.07) is 19.6. The fraction of sp³-hybridized carbons (Fsp3) is 0.273. The van der Waals surface area contributed by atoms with Crippen molar-refractivity contribution in [3.8, 4) is 11.3 Å². The molecule has 1 N–H and O–H groups in total. The highest BCUT2D eigenvalue weighted by Crippen LogP contribution is 2.25. The van der Waals surface area contributed by atoms with Crippen molar-refractivity contribution in [3.05, 3.63) is 66.2 Å². The molecule has 132 valence electrons. The predicted molar refractivity (Wildman–Crippen MR) is 103 cm³/mol. The summed E-state index contributed by atoms with van der Waals surface area (Å²) in [7, 11) is 0. The number of rotatable bonds is 4. The largest absolute Gasteiger partial charge is 0.376 e. The molecule has 1 aliphatic rings. The smallest absolute Gasteiger partial charge is 0.252 e. The third kappa shape index (κ3) is 3.33. The topological polar surface area (TPSA) is 51.2 Å². The second-order valence-corrected chi connectivity index (χ2v) is 6.75. The maximum atomic E-state index is 13.0. The Kier molecular flexibility index (Phi) is 4.67. The Balaban J connectivity index is 1.71. The van der Waals surface area contributed by atoms with Crippen LogP contribution in [0.2, 0.25) is 0 Å². The van der Waals surface area contributed by atoms with Crippen molar-refractivity contribution in [2.75, 3.05) is 6.61 Å². The molecular formula is C22H22N2O2. The molecular weight excluding hydrogens is 324 g/mol. The van der Waals surface area contributed by atoms with Crippen molar-refractivity contribution >= 4 is 16.8 Å². The number of ether oxygens (including phenoxy) is 1. The first-order valence-corrected chi connectivity index (χ1v) is 9.10. The molecule has 0 aliphatic carbocycles.